The van der Waals surface area contributed by atoms with Crippen molar-refractivity contribution in [1.29, 1.82) is 0 Å². The SMILES string of the molecule is Cc1oc2ncn(C)c(=O)c2c1C(=O)OC(C)c1nnc(-c2ccccc2)o1. The van der Waals surface area contributed by atoms with Gasteiger partial charge in [0, 0.05) is 12.6 Å². The minimum atomic E-state index is -0.817. The molecule has 3 heterocycles. The van der Waals surface area contributed by atoms with Crippen LogP contribution in [0, 0.1) is 6.92 Å². The van der Waals surface area contributed by atoms with Crippen molar-refractivity contribution in [2.45, 2.75) is 20.0 Å². The van der Waals surface area contributed by atoms with Crippen molar-refractivity contribution in [2.24, 2.45) is 7.05 Å². The Hall–Kier alpha value is -3.75. The highest BCUT2D eigenvalue weighted by molar-refractivity contribution is 6.03. The van der Waals surface area contributed by atoms with Gasteiger partial charge in [0.1, 0.15) is 23.0 Å². The molecule has 0 aliphatic rings. The minimum Gasteiger partial charge on any atom is -0.449 e. The fourth-order valence-electron chi connectivity index (χ4n) is 2.80. The molecule has 28 heavy (non-hydrogen) atoms. The molecule has 4 rings (SSSR count). The lowest BCUT2D eigenvalue weighted by Crippen LogP contribution is -2.19. The molecule has 1 aromatic carbocycles. The molecule has 0 aliphatic heterocycles. The van der Waals surface area contributed by atoms with Crippen molar-refractivity contribution in [3.63, 3.8) is 0 Å². The maximum absolute atomic E-state index is 12.7. The molecule has 0 bridgehead atoms. The van der Waals surface area contributed by atoms with Crippen LogP contribution in [-0.2, 0) is 11.8 Å². The molecule has 9 nitrogen and oxygen atoms in total. The number of benzene rings is 1. The molecule has 0 saturated heterocycles. The van der Waals surface area contributed by atoms with Crippen LogP contribution in [0.4, 0.5) is 0 Å². The number of esters is 1. The zero-order valence-corrected chi connectivity index (χ0v) is 15.4. The number of aryl methyl sites for hydroxylation is 2. The Morgan fingerprint density at radius 2 is 1.93 bits per heavy atom. The second-order valence-electron chi connectivity index (χ2n) is 6.23. The third-order valence-corrected chi connectivity index (χ3v) is 4.25. The first-order valence-electron chi connectivity index (χ1n) is 8.50. The Kier molecular flexibility index (Phi) is 4.26. The van der Waals surface area contributed by atoms with Gasteiger partial charge in [-0.15, -0.1) is 10.2 Å². The molecule has 4 aromatic rings. The van der Waals surface area contributed by atoms with Crippen LogP contribution < -0.4 is 5.56 Å². The molecule has 0 amide bonds. The highest BCUT2D eigenvalue weighted by atomic mass is 16.6. The zero-order chi connectivity index (χ0) is 19.8. The van der Waals surface area contributed by atoms with Crippen LogP contribution in [0.15, 0.2) is 50.3 Å². The number of nitrogens with zero attached hydrogens (tertiary/aromatic N) is 4. The van der Waals surface area contributed by atoms with E-state index < -0.39 is 17.6 Å². The van der Waals surface area contributed by atoms with E-state index >= 15 is 0 Å². The number of fused-ring (bicyclic) bond motifs is 1. The topological polar surface area (TPSA) is 113 Å². The third-order valence-electron chi connectivity index (χ3n) is 4.25. The minimum absolute atomic E-state index is 0.0401. The van der Waals surface area contributed by atoms with E-state index in [1.54, 1.807) is 20.9 Å². The molecule has 142 valence electrons. The highest BCUT2D eigenvalue weighted by Gasteiger charge is 2.27. The molecular weight excluding hydrogens is 364 g/mol. The van der Waals surface area contributed by atoms with E-state index in [-0.39, 0.29) is 28.3 Å². The van der Waals surface area contributed by atoms with E-state index in [4.69, 9.17) is 13.6 Å². The standard InChI is InChI=1S/C19H16N4O5/c1-10-13(14-17(26-10)20-9-23(3)18(14)24)19(25)27-11(2)15-21-22-16(28-15)12-7-5-4-6-8-12/h4-9,11H,1-3H3. The monoisotopic (exact) mass is 380 g/mol. The average molecular weight is 380 g/mol. The second kappa shape index (κ2) is 6.76. The van der Waals surface area contributed by atoms with Gasteiger partial charge in [-0.25, -0.2) is 9.78 Å². The van der Waals surface area contributed by atoms with E-state index in [0.29, 0.717) is 5.89 Å². The van der Waals surface area contributed by atoms with Gasteiger partial charge in [0.15, 0.2) is 6.10 Å². The van der Waals surface area contributed by atoms with Crippen molar-refractivity contribution in [2.75, 3.05) is 0 Å². The Bertz CT molecular complexity index is 1220. The number of carbonyl (C=O) groups is 1. The Labute approximate surface area is 158 Å². The number of rotatable bonds is 4. The van der Waals surface area contributed by atoms with E-state index in [1.165, 1.54) is 10.9 Å². The number of aromatic nitrogens is 4. The largest absolute Gasteiger partial charge is 0.449 e. The fourth-order valence-corrected chi connectivity index (χ4v) is 2.80. The summed E-state index contributed by atoms with van der Waals surface area (Å²) in [6.45, 7) is 3.18. The van der Waals surface area contributed by atoms with Gasteiger partial charge >= 0.3 is 5.97 Å². The van der Waals surface area contributed by atoms with E-state index in [2.05, 4.69) is 15.2 Å². The summed E-state index contributed by atoms with van der Waals surface area (Å²) in [4.78, 5) is 29.1. The van der Waals surface area contributed by atoms with Gasteiger partial charge in [0.05, 0.1) is 0 Å². The summed E-state index contributed by atoms with van der Waals surface area (Å²) >= 11 is 0. The van der Waals surface area contributed by atoms with Gasteiger partial charge in [0.25, 0.3) is 11.4 Å². The van der Waals surface area contributed by atoms with Gasteiger partial charge in [-0.05, 0) is 26.0 Å². The summed E-state index contributed by atoms with van der Waals surface area (Å²) in [5.41, 5.74) is 0.485. The second-order valence-corrected chi connectivity index (χ2v) is 6.23. The van der Waals surface area contributed by atoms with E-state index in [0.717, 1.165) is 5.56 Å². The lowest BCUT2D eigenvalue weighted by molar-refractivity contribution is 0.0280. The molecule has 0 radical (unpaired) electrons. The first-order chi connectivity index (χ1) is 13.5. The van der Waals surface area contributed by atoms with Gasteiger partial charge in [-0.3, -0.25) is 4.79 Å². The number of hydrogen-bond donors (Lipinski definition) is 0. The Morgan fingerprint density at radius 3 is 2.68 bits per heavy atom. The van der Waals surface area contributed by atoms with E-state index in [1.807, 2.05) is 30.3 Å². The van der Waals surface area contributed by atoms with Crippen LogP contribution in [0.2, 0.25) is 0 Å². The molecule has 9 heteroatoms. The van der Waals surface area contributed by atoms with Gasteiger partial charge in [0.2, 0.25) is 11.6 Å². The van der Waals surface area contributed by atoms with Gasteiger partial charge in [-0.1, -0.05) is 18.2 Å². The van der Waals surface area contributed by atoms with Crippen molar-refractivity contribution in [3.8, 4) is 11.5 Å². The summed E-state index contributed by atoms with van der Waals surface area (Å²) in [5, 5.41) is 8.01. The molecule has 0 N–H and O–H groups in total. The lowest BCUT2D eigenvalue weighted by Gasteiger charge is -2.09. The van der Waals surface area contributed by atoms with Crippen LogP contribution in [-0.4, -0.2) is 25.7 Å². The van der Waals surface area contributed by atoms with Crippen molar-refractivity contribution < 1.29 is 18.4 Å². The number of furan rings is 1. The Balaban J connectivity index is 1.62. The quantitative estimate of drug-likeness (QED) is 0.497. The van der Waals surface area contributed by atoms with Crippen LogP contribution in [0.3, 0.4) is 0 Å². The molecule has 1 unspecified atom stereocenters. The van der Waals surface area contributed by atoms with Gasteiger partial charge < -0.3 is 18.1 Å². The van der Waals surface area contributed by atoms with Crippen molar-refractivity contribution in [3.05, 3.63) is 64.2 Å². The number of hydrogen-bond acceptors (Lipinski definition) is 8. The summed E-state index contributed by atoms with van der Waals surface area (Å²) in [6, 6.07) is 9.24. The predicted octanol–water partition coefficient (Wildman–Crippen LogP) is 2.80. The first-order valence-corrected chi connectivity index (χ1v) is 8.50. The predicted molar refractivity (Wildman–Crippen MR) is 97.6 cm³/mol. The zero-order valence-electron chi connectivity index (χ0n) is 15.4. The van der Waals surface area contributed by atoms with Crippen LogP contribution in [0.5, 0.6) is 0 Å². The molecule has 0 aliphatic carbocycles. The molecule has 0 spiro atoms. The number of ether oxygens (including phenoxy) is 1. The highest BCUT2D eigenvalue weighted by Crippen LogP contribution is 2.26. The summed E-state index contributed by atoms with van der Waals surface area (Å²) in [7, 11) is 1.54. The lowest BCUT2D eigenvalue weighted by atomic mass is 10.2. The summed E-state index contributed by atoms with van der Waals surface area (Å²) < 4.78 is 17.7. The molecule has 1 atom stereocenters. The van der Waals surface area contributed by atoms with Crippen LogP contribution in [0.25, 0.3) is 22.6 Å². The average Bonchev–Trinajstić information content (AvgIpc) is 3.30. The molecule has 0 saturated carbocycles. The smallest absolute Gasteiger partial charge is 0.343 e. The maximum atomic E-state index is 12.7. The van der Waals surface area contributed by atoms with Gasteiger partial charge in [-0.2, -0.15) is 0 Å². The molecule has 3 aromatic heterocycles. The van der Waals surface area contributed by atoms with Crippen molar-refractivity contribution >= 4 is 17.1 Å². The van der Waals surface area contributed by atoms with Crippen LogP contribution in [0.1, 0.15) is 35.0 Å². The molecular formula is C19H16N4O5. The van der Waals surface area contributed by atoms with Crippen molar-refractivity contribution in [1.82, 2.24) is 19.7 Å². The first kappa shape index (κ1) is 17.7. The number of carbonyl (C=O) groups excluding carboxylic acids is 1. The fraction of sp³-hybridized carbons (Fsp3) is 0.211. The van der Waals surface area contributed by atoms with E-state index in [9.17, 15) is 9.59 Å². The summed E-state index contributed by atoms with van der Waals surface area (Å²) in [6.07, 6.45) is 0.511. The third kappa shape index (κ3) is 2.96. The molecule has 0 fully saturated rings. The summed E-state index contributed by atoms with van der Waals surface area (Å²) in [5.74, 6) is -0.0167. The normalized spacial score (nSPS) is 12.2. The maximum Gasteiger partial charge on any atom is 0.343 e. The van der Waals surface area contributed by atoms with Crippen LogP contribution >= 0.6 is 0 Å². The Morgan fingerprint density at radius 1 is 1.18 bits per heavy atom.